The Morgan fingerprint density at radius 3 is 2.42 bits per heavy atom. The summed E-state index contributed by atoms with van der Waals surface area (Å²) in [6.45, 7) is 0. The van der Waals surface area contributed by atoms with E-state index in [4.69, 9.17) is 11.6 Å². The van der Waals surface area contributed by atoms with Gasteiger partial charge in [-0.15, -0.1) is 0 Å². The Morgan fingerprint density at radius 1 is 1.11 bits per heavy atom. The van der Waals surface area contributed by atoms with Crippen LogP contribution in [0.3, 0.4) is 0 Å². The number of aliphatic hydroxyl groups excluding tert-OH is 1. The molecule has 0 amide bonds. The minimum absolute atomic E-state index is 0.173. The maximum absolute atomic E-state index is 13.6. The molecule has 0 aliphatic heterocycles. The molecule has 1 N–H and O–H groups in total. The lowest BCUT2D eigenvalue weighted by atomic mass is 10.0. The van der Waals surface area contributed by atoms with Gasteiger partial charge in [0.15, 0.2) is 0 Å². The van der Waals surface area contributed by atoms with Crippen LogP contribution in [0.15, 0.2) is 45.3 Å². The van der Waals surface area contributed by atoms with Crippen LogP contribution in [0.1, 0.15) is 17.2 Å². The molecule has 0 spiro atoms. The van der Waals surface area contributed by atoms with Crippen molar-refractivity contribution in [3.8, 4) is 0 Å². The van der Waals surface area contributed by atoms with Gasteiger partial charge in [-0.1, -0.05) is 49.5 Å². The number of rotatable bonds is 3. The molecule has 0 radical (unpaired) electrons. The van der Waals surface area contributed by atoms with Crippen LogP contribution in [0.4, 0.5) is 4.39 Å². The molecule has 0 saturated heterocycles. The number of benzene rings is 2. The van der Waals surface area contributed by atoms with Crippen molar-refractivity contribution in [2.45, 2.75) is 12.5 Å². The molecule has 100 valence electrons. The Hall–Kier alpha value is -0.420. The molecular formula is C14H10Br2ClFO. The highest BCUT2D eigenvalue weighted by atomic mass is 79.9. The van der Waals surface area contributed by atoms with Crippen molar-refractivity contribution in [2.75, 3.05) is 0 Å². The van der Waals surface area contributed by atoms with Crippen LogP contribution in [0.2, 0.25) is 5.02 Å². The number of hydrogen-bond acceptors (Lipinski definition) is 1. The summed E-state index contributed by atoms with van der Waals surface area (Å²) in [4.78, 5) is 0. The molecule has 1 nitrogen and oxygen atoms in total. The molecule has 19 heavy (non-hydrogen) atoms. The van der Waals surface area contributed by atoms with Gasteiger partial charge in [-0.2, -0.15) is 0 Å². The second kappa shape index (κ2) is 6.35. The average molecular weight is 408 g/mol. The predicted molar refractivity (Wildman–Crippen MR) is 81.9 cm³/mol. The van der Waals surface area contributed by atoms with Gasteiger partial charge in [-0.05, 0) is 41.5 Å². The van der Waals surface area contributed by atoms with Crippen LogP contribution >= 0.6 is 43.5 Å². The summed E-state index contributed by atoms with van der Waals surface area (Å²) in [6, 6.07) is 9.88. The van der Waals surface area contributed by atoms with Crippen LogP contribution in [0, 0.1) is 5.82 Å². The van der Waals surface area contributed by atoms with E-state index in [1.165, 1.54) is 6.07 Å². The molecule has 0 aromatic heterocycles. The predicted octanol–water partition coefficient (Wildman–Crippen LogP) is 5.28. The summed E-state index contributed by atoms with van der Waals surface area (Å²) in [5.74, 6) is -0.338. The Balaban J connectivity index is 2.25. The summed E-state index contributed by atoms with van der Waals surface area (Å²) >= 11 is 12.7. The van der Waals surface area contributed by atoms with E-state index in [-0.39, 0.29) is 12.2 Å². The normalized spacial score (nSPS) is 12.5. The quantitative estimate of drug-likeness (QED) is 0.733. The fraction of sp³-hybridized carbons (Fsp3) is 0.143. The number of aliphatic hydroxyl groups is 1. The Kier molecular flexibility index (Phi) is 5.01. The van der Waals surface area contributed by atoms with Gasteiger partial charge in [0.2, 0.25) is 0 Å². The largest absolute Gasteiger partial charge is 0.388 e. The zero-order chi connectivity index (χ0) is 14.0. The van der Waals surface area contributed by atoms with Crippen molar-refractivity contribution in [2.24, 2.45) is 0 Å². The molecule has 0 aliphatic rings. The second-order valence-corrected chi connectivity index (χ2v) is 6.36. The van der Waals surface area contributed by atoms with Crippen molar-refractivity contribution in [3.05, 3.63) is 67.3 Å². The first-order valence-corrected chi connectivity index (χ1v) is 7.50. The summed E-state index contributed by atoms with van der Waals surface area (Å²) in [5, 5.41) is 10.6. The van der Waals surface area contributed by atoms with E-state index in [0.717, 1.165) is 8.95 Å². The van der Waals surface area contributed by atoms with Crippen molar-refractivity contribution in [3.63, 3.8) is 0 Å². The van der Waals surface area contributed by atoms with Crippen LogP contribution in [-0.2, 0) is 6.42 Å². The molecule has 0 saturated carbocycles. The van der Waals surface area contributed by atoms with Crippen LogP contribution in [-0.4, -0.2) is 5.11 Å². The fourth-order valence-corrected chi connectivity index (χ4v) is 3.00. The van der Waals surface area contributed by atoms with Crippen molar-refractivity contribution >= 4 is 43.5 Å². The average Bonchev–Trinajstić information content (AvgIpc) is 2.33. The van der Waals surface area contributed by atoms with E-state index in [1.54, 1.807) is 30.3 Å². The van der Waals surface area contributed by atoms with E-state index in [0.29, 0.717) is 16.1 Å². The zero-order valence-corrected chi connectivity index (χ0v) is 13.6. The monoisotopic (exact) mass is 406 g/mol. The third-order valence-electron chi connectivity index (χ3n) is 2.74. The summed E-state index contributed by atoms with van der Waals surface area (Å²) in [6.07, 6.45) is -0.670. The molecular weight excluding hydrogens is 398 g/mol. The van der Waals surface area contributed by atoms with Gasteiger partial charge in [0.05, 0.1) is 6.10 Å². The highest BCUT2D eigenvalue weighted by Crippen LogP contribution is 2.29. The fourth-order valence-electron chi connectivity index (χ4n) is 1.79. The lowest BCUT2D eigenvalue weighted by Gasteiger charge is -2.14. The molecule has 2 aromatic rings. The molecule has 2 aromatic carbocycles. The third-order valence-corrected chi connectivity index (χ3v) is 4.06. The third kappa shape index (κ3) is 3.78. The van der Waals surface area contributed by atoms with Crippen molar-refractivity contribution < 1.29 is 9.50 Å². The molecule has 1 atom stereocenters. The molecule has 0 bridgehead atoms. The van der Waals surface area contributed by atoms with E-state index in [9.17, 15) is 9.50 Å². The maximum Gasteiger partial charge on any atom is 0.126 e. The minimum Gasteiger partial charge on any atom is -0.388 e. The standard InChI is InChI=1S/C14H10Br2ClFO/c15-9-2-4-13(18)8(5-9)6-14(19)11-3-1-10(16)7-12(11)17/h1-5,7,14,19H,6H2. The first kappa shape index (κ1) is 15.0. The van der Waals surface area contributed by atoms with Gasteiger partial charge in [0.1, 0.15) is 5.82 Å². The van der Waals surface area contributed by atoms with Gasteiger partial charge in [-0.25, -0.2) is 4.39 Å². The molecule has 0 aliphatic carbocycles. The van der Waals surface area contributed by atoms with Gasteiger partial charge < -0.3 is 5.11 Å². The Labute approximate surface area is 132 Å². The zero-order valence-electron chi connectivity index (χ0n) is 9.71. The molecule has 1 unspecified atom stereocenters. The van der Waals surface area contributed by atoms with Gasteiger partial charge in [-0.3, -0.25) is 0 Å². The second-order valence-electron chi connectivity index (χ2n) is 4.12. The Morgan fingerprint density at radius 2 is 1.74 bits per heavy atom. The lowest BCUT2D eigenvalue weighted by Crippen LogP contribution is -2.04. The summed E-state index contributed by atoms with van der Waals surface area (Å²) < 4.78 is 15.2. The minimum atomic E-state index is -0.843. The molecule has 0 fully saturated rings. The van der Waals surface area contributed by atoms with Crippen LogP contribution in [0.5, 0.6) is 0 Å². The molecule has 0 heterocycles. The van der Waals surface area contributed by atoms with E-state index in [2.05, 4.69) is 31.9 Å². The van der Waals surface area contributed by atoms with Crippen molar-refractivity contribution in [1.29, 1.82) is 0 Å². The van der Waals surface area contributed by atoms with Crippen molar-refractivity contribution in [1.82, 2.24) is 0 Å². The topological polar surface area (TPSA) is 20.2 Å². The first-order valence-electron chi connectivity index (χ1n) is 5.54. The van der Waals surface area contributed by atoms with E-state index < -0.39 is 6.10 Å². The summed E-state index contributed by atoms with van der Waals surface area (Å²) in [5.41, 5.74) is 1.03. The van der Waals surface area contributed by atoms with Gasteiger partial charge >= 0.3 is 0 Å². The van der Waals surface area contributed by atoms with Crippen LogP contribution in [0.25, 0.3) is 0 Å². The number of halogens is 4. The molecule has 2 rings (SSSR count). The summed E-state index contributed by atoms with van der Waals surface area (Å²) in [7, 11) is 0. The van der Waals surface area contributed by atoms with E-state index in [1.807, 2.05) is 0 Å². The SMILES string of the molecule is OC(Cc1cc(Br)ccc1F)c1ccc(Br)cc1Cl. The maximum atomic E-state index is 13.6. The first-order chi connectivity index (χ1) is 8.97. The van der Waals surface area contributed by atoms with E-state index >= 15 is 0 Å². The van der Waals surface area contributed by atoms with Gasteiger partial charge in [0, 0.05) is 20.4 Å². The van der Waals surface area contributed by atoms with Gasteiger partial charge in [0.25, 0.3) is 0 Å². The Bertz CT molecular complexity index is 604. The molecule has 5 heteroatoms. The number of hydrogen-bond donors (Lipinski definition) is 1. The smallest absolute Gasteiger partial charge is 0.126 e. The lowest BCUT2D eigenvalue weighted by molar-refractivity contribution is 0.177. The van der Waals surface area contributed by atoms with Crippen LogP contribution < -0.4 is 0 Å². The highest BCUT2D eigenvalue weighted by Gasteiger charge is 2.15. The highest BCUT2D eigenvalue weighted by molar-refractivity contribution is 9.10.